The van der Waals surface area contributed by atoms with Gasteiger partial charge >= 0.3 is 0 Å². The number of carbonyl (C=O) groups excluding carboxylic acids is 2. The maximum absolute atomic E-state index is 13.0. The molecule has 4 heteroatoms. The number of aromatic nitrogens is 1. The number of aromatic amines is 1. The van der Waals surface area contributed by atoms with E-state index in [0.29, 0.717) is 16.7 Å². The van der Waals surface area contributed by atoms with E-state index in [0.717, 1.165) is 11.3 Å². The third-order valence-electron chi connectivity index (χ3n) is 4.30. The molecule has 0 aliphatic rings. The molecule has 0 unspecified atom stereocenters. The number of carbonyl (C=O) groups is 2. The van der Waals surface area contributed by atoms with Crippen LogP contribution in [0, 0.1) is 6.92 Å². The predicted molar refractivity (Wildman–Crippen MR) is 104 cm³/mol. The number of rotatable bonds is 5. The van der Waals surface area contributed by atoms with Gasteiger partial charge in [0.15, 0.2) is 5.78 Å². The molecule has 0 aliphatic carbocycles. The maximum Gasteiger partial charge on any atom is 0.258 e. The van der Waals surface area contributed by atoms with Gasteiger partial charge in [0.25, 0.3) is 5.91 Å². The zero-order valence-electron chi connectivity index (χ0n) is 15.2. The highest BCUT2D eigenvalue weighted by molar-refractivity contribution is 6.10. The van der Waals surface area contributed by atoms with Crippen molar-refractivity contribution in [2.45, 2.75) is 26.8 Å². The van der Waals surface area contributed by atoms with Crippen LogP contribution in [0.4, 0.5) is 5.69 Å². The molecule has 1 amide bonds. The quantitative estimate of drug-likeness (QED) is 0.686. The van der Waals surface area contributed by atoms with Crippen LogP contribution in [-0.2, 0) is 0 Å². The number of H-pyrrole nitrogens is 1. The molecule has 26 heavy (non-hydrogen) atoms. The van der Waals surface area contributed by atoms with Crippen molar-refractivity contribution in [1.29, 1.82) is 0 Å². The van der Waals surface area contributed by atoms with Crippen molar-refractivity contribution in [2.24, 2.45) is 0 Å². The molecule has 0 atom stereocenters. The fraction of sp³-hybridized carbons (Fsp3) is 0.182. The smallest absolute Gasteiger partial charge is 0.258 e. The normalized spacial score (nSPS) is 10.8. The van der Waals surface area contributed by atoms with E-state index in [4.69, 9.17) is 0 Å². The Bertz CT molecular complexity index is 892. The number of nitrogens with one attached hydrogen (secondary N) is 1. The molecule has 1 aromatic heterocycles. The third kappa shape index (κ3) is 3.59. The van der Waals surface area contributed by atoms with E-state index in [9.17, 15) is 9.59 Å². The summed E-state index contributed by atoms with van der Waals surface area (Å²) in [7, 11) is 0. The molecule has 0 radical (unpaired) electrons. The summed E-state index contributed by atoms with van der Waals surface area (Å²) in [4.78, 5) is 30.0. The molecule has 0 saturated carbocycles. The van der Waals surface area contributed by atoms with Crippen LogP contribution in [0.25, 0.3) is 0 Å². The minimum Gasteiger partial charge on any atom is -0.367 e. The van der Waals surface area contributed by atoms with Crippen molar-refractivity contribution < 1.29 is 9.59 Å². The van der Waals surface area contributed by atoms with Crippen LogP contribution in [-0.4, -0.2) is 22.7 Å². The first kappa shape index (κ1) is 17.7. The lowest BCUT2D eigenvalue weighted by Crippen LogP contribution is -2.37. The first-order valence-corrected chi connectivity index (χ1v) is 8.65. The molecule has 3 rings (SSSR count). The van der Waals surface area contributed by atoms with Gasteiger partial charge in [0.05, 0.1) is 0 Å². The molecule has 1 N–H and O–H groups in total. The minimum atomic E-state index is -0.0792. The standard InChI is InChI=1S/C22H22N2O2/c1-15(2)24(20-10-4-16(3)5-11-20)22(26)18-8-6-17(7-9-18)21(25)19-12-13-23-14-19/h4-15,23H,1-3H3. The molecule has 0 fully saturated rings. The van der Waals surface area contributed by atoms with Gasteiger partial charge in [-0.25, -0.2) is 0 Å². The van der Waals surface area contributed by atoms with Crippen LogP contribution in [0.15, 0.2) is 67.0 Å². The Morgan fingerprint density at radius 3 is 2.00 bits per heavy atom. The molecule has 0 spiro atoms. The highest BCUT2D eigenvalue weighted by Crippen LogP contribution is 2.21. The van der Waals surface area contributed by atoms with Gasteiger partial charge in [0.1, 0.15) is 0 Å². The second kappa shape index (κ2) is 7.40. The molecule has 0 saturated heterocycles. The summed E-state index contributed by atoms with van der Waals surface area (Å²) in [5.41, 5.74) is 3.74. The largest absolute Gasteiger partial charge is 0.367 e. The van der Waals surface area contributed by atoms with Crippen molar-refractivity contribution >= 4 is 17.4 Å². The van der Waals surface area contributed by atoms with E-state index in [2.05, 4.69) is 4.98 Å². The van der Waals surface area contributed by atoms with Crippen molar-refractivity contribution in [1.82, 2.24) is 4.98 Å². The molecule has 2 aromatic carbocycles. The van der Waals surface area contributed by atoms with Gasteiger partial charge in [-0.1, -0.05) is 29.8 Å². The lowest BCUT2D eigenvalue weighted by Gasteiger charge is -2.27. The Kier molecular flexibility index (Phi) is 5.03. The van der Waals surface area contributed by atoms with Crippen molar-refractivity contribution in [3.63, 3.8) is 0 Å². The summed E-state index contributed by atoms with van der Waals surface area (Å²) >= 11 is 0. The summed E-state index contributed by atoms with van der Waals surface area (Å²) in [5, 5.41) is 0. The molecular formula is C22H22N2O2. The van der Waals surface area contributed by atoms with Gasteiger partial charge in [-0.2, -0.15) is 0 Å². The van der Waals surface area contributed by atoms with Crippen LogP contribution in [0.3, 0.4) is 0 Å². The number of benzene rings is 2. The Balaban J connectivity index is 1.86. The van der Waals surface area contributed by atoms with Crippen LogP contribution < -0.4 is 4.90 Å². The van der Waals surface area contributed by atoms with Gasteiger partial charge in [0.2, 0.25) is 0 Å². The molecule has 132 valence electrons. The summed E-state index contributed by atoms with van der Waals surface area (Å²) in [6.07, 6.45) is 3.38. The molecular weight excluding hydrogens is 324 g/mol. The maximum atomic E-state index is 13.0. The Labute approximate surface area is 153 Å². The van der Waals surface area contributed by atoms with Gasteiger partial charge in [0, 0.05) is 40.8 Å². The molecule has 4 nitrogen and oxygen atoms in total. The van der Waals surface area contributed by atoms with E-state index in [-0.39, 0.29) is 17.7 Å². The average molecular weight is 346 g/mol. The van der Waals surface area contributed by atoms with Crippen molar-refractivity contribution in [2.75, 3.05) is 4.90 Å². The van der Waals surface area contributed by atoms with Gasteiger partial charge in [-0.05, 0) is 51.1 Å². The molecule has 1 heterocycles. The van der Waals surface area contributed by atoms with Crippen LogP contribution >= 0.6 is 0 Å². The highest BCUT2D eigenvalue weighted by atomic mass is 16.2. The summed E-state index contributed by atoms with van der Waals surface area (Å²) in [5.74, 6) is -0.144. The van der Waals surface area contributed by atoms with E-state index in [1.54, 1.807) is 47.6 Å². The van der Waals surface area contributed by atoms with Crippen molar-refractivity contribution in [3.8, 4) is 0 Å². The number of nitrogens with zero attached hydrogens (tertiary/aromatic N) is 1. The van der Waals surface area contributed by atoms with E-state index in [1.165, 1.54) is 0 Å². The second-order valence-electron chi connectivity index (χ2n) is 6.61. The van der Waals surface area contributed by atoms with E-state index >= 15 is 0 Å². The number of hydrogen-bond acceptors (Lipinski definition) is 2. The van der Waals surface area contributed by atoms with Crippen LogP contribution in [0.2, 0.25) is 0 Å². The summed E-state index contributed by atoms with van der Waals surface area (Å²) in [6.45, 7) is 5.99. The number of hydrogen-bond donors (Lipinski definition) is 1. The van der Waals surface area contributed by atoms with Gasteiger partial charge in [-0.3, -0.25) is 9.59 Å². The lowest BCUT2D eigenvalue weighted by atomic mass is 10.0. The number of aryl methyl sites for hydroxylation is 1. The SMILES string of the molecule is Cc1ccc(N(C(=O)c2ccc(C(=O)c3cc[nH]c3)cc2)C(C)C)cc1. The fourth-order valence-electron chi connectivity index (χ4n) is 2.89. The summed E-state index contributed by atoms with van der Waals surface area (Å²) < 4.78 is 0. The Hall–Kier alpha value is -3.14. The third-order valence-corrected chi connectivity index (χ3v) is 4.30. The zero-order chi connectivity index (χ0) is 18.7. The number of amides is 1. The number of ketones is 1. The lowest BCUT2D eigenvalue weighted by molar-refractivity contribution is 0.0978. The zero-order valence-corrected chi connectivity index (χ0v) is 15.2. The van der Waals surface area contributed by atoms with Gasteiger partial charge < -0.3 is 9.88 Å². The van der Waals surface area contributed by atoms with Crippen LogP contribution in [0.5, 0.6) is 0 Å². The second-order valence-corrected chi connectivity index (χ2v) is 6.61. The fourth-order valence-corrected chi connectivity index (χ4v) is 2.89. The average Bonchev–Trinajstić information content (AvgIpc) is 3.17. The number of anilines is 1. The van der Waals surface area contributed by atoms with E-state index < -0.39 is 0 Å². The van der Waals surface area contributed by atoms with Crippen LogP contribution in [0.1, 0.15) is 45.7 Å². The first-order chi connectivity index (χ1) is 12.5. The highest BCUT2D eigenvalue weighted by Gasteiger charge is 2.21. The topological polar surface area (TPSA) is 53.2 Å². The molecule has 3 aromatic rings. The summed E-state index contributed by atoms with van der Waals surface area (Å²) in [6, 6.07) is 16.5. The van der Waals surface area contributed by atoms with Crippen molar-refractivity contribution in [3.05, 3.63) is 89.2 Å². The van der Waals surface area contributed by atoms with Gasteiger partial charge in [-0.15, -0.1) is 0 Å². The monoisotopic (exact) mass is 346 g/mol. The Morgan fingerprint density at radius 1 is 0.846 bits per heavy atom. The first-order valence-electron chi connectivity index (χ1n) is 8.65. The predicted octanol–water partition coefficient (Wildman–Crippen LogP) is 4.61. The van der Waals surface area contributed by atoms with E-state index in [1.807, 2.05) is 45.0 Å². The molecule has 0 aliphatic heterocycles. The molecule has 0 bridgehead atoms. The minimum absolute atomic E-state index is 0.0198. The Morgan fingerprint density at radius 2 is 1.46 bits per heavy atom.